The van der Waals surface area contributed by atoms with Crippen molar-refractivity contribution in [3.63, 3.8) is 0 Å². The van der Waals surface area contributed by atoms with Gasteiger partial charge in [0.05, 0.1) is 0 Å². The summed E-state index contributed by atoms with van der Waals surface area (Å²) in [5, 5.41) is 7.72. The van der Waals surface area contributed by atoms with Gasteiger partial charge in [0.1, 0.15) is 0 Å². The van der Waals surface area contributed by atoms with E-state index >= 15 is 0 Å². The molecule has 3 rings (SSSR count). The second-order valence-corrected chi connectivity index (χ2v) is 4.18. The van der Waals surface area contributed by atoms with Crippen molar-refractivity contribution in [3.05, 3.63) is 28.8 Å². The topological polar surface area (TPSA) is 24.1 Å². The average Bonchev–Trinajstić information content (AvgIpc) is 2.64. The van der Waals surface area contributed by atoms with E-state index in [-0.39, 0.29) is 0 Å². The van der Waals surface area contributed by atoms with Crippen molar-refractivity contribution in [1.29, 1.82) is 0 Å². The fourth-order valence-corrected chi connectivity index (χ4v) is 2.51. The molecule has 0 radical (unpaired) electrons. The monoisotopic (exact) mass is 194 g/mol. The van der Waals surface area contributed by atoms with E-state index in [1.807, 2.05) is 6.07 Å². The van der Waals surface area contributed by atoms with E-state index in [0.29, 0.717) is 12.0 Å². The summed E-state index contributed by atoms with van der Waals surface area (Å²) >= 11 is 5.97. The van der Waals surface area contributed by atoms with E-state index in [4.69, 9.17) is 11.6 Å². The van der Waals surface area contributed by atoms with Crippen LogP contribution in [-0.2, 0) is 0 Å². The zero-order valence-electron chi connectivity index (χ0n) is 7.18. The molecule has 2 unspecified atom stereocenters. The van der Waals surface area contributed by atoms with Gasteiger partial charge in [-0.25, -0.2) is 0 Å². The molecule has 1 aromatic rings. The van der Waals surface area contributed by atoms with Crippen LogP contribution in [0.25, 0.3) is 0 Å². The van der Waals surface area contributed by atoms with Gasteiger partial charge in [0.25, 0.3) is 0 Å². The molecule has 68 valence electrons. The lowest BCUT2D eigenvalue weighted by Gasteiger charge is -2.06. The van der Waals surface area contributed by atoms with E-state index in [2.05, 4.69) is 22.8 Å². The highest BCUT2D eigenvalue weighted by Gasteiger charge is 2.35. The number of nitrogens with one attached hydrogen (secondary N) is 2. The lowest BCUT2D eigenvalue weighted by molar-refractivity contribution is 0.736. The third kappa shape index (κ3) is 1.06. The maximum Gasteiger partial charge on any atom is 0.0467 e. The molecule has 2 heterocycles. The number of halogens is 1. The van der Waals surface area contributed by atoms with Gasteiger partial charge in [0.2, 0.25) is 0 Å². The second-order valence-electron chi connectivity index (χ2n) is 3.75. The first-order valence-corrected chi connectivity index (χ1v) is 4.99. The number of rotatable bonds is 0. The van der Waals surface area contributed by atoms with Crippen LogP contribution in [0.1, 0.15) is 11.5 Å². The molecule has 2 aliphatic heterocycles. The molecule has 1 saturated heterocycles. The van der Waals surface area contributed by atoms with Gasteiger partial charge in [-0.05, 0) is 23.8 Å². The maximum absolute atomic E-state index is 5.97. The van der Waals surface area contributed by atoms with Crippen LogP contribution in [0.2, 0.25) is 5.02 Å². The molecule has 0 bridgehead atoms. The molecule has 0 spiro atoms. The highest BCUT2D eigenvalue weighted by atomic mass is 35.5. The van der Waals surface area contributed by atoms with Crippen LogP contribution in [0.5, 0.6) is 0 Å². The van der Waals surface area contributed by atoms with E-state index in [1.54, 1.807) is 0 Å². The Kier molecular flexibility index (Phi) is 1.55. The summed E-state index contributed by atoms with van der Waals surface area (Å²) in [5.74, 6) is 0.619. The predicted octanol–water partition coefficient (Wildman–Crippen LogP) is 1.82. The maximum atomic E-state index is 5.97. The van der Waals surface area contributed by atoms with Crippen molar-refractivity contribution in [2.24, 2.45) is 0 Å². The average molecular weight is 195 g/mol. The summed E-state index contributed by atoms with van der Waals surface area (Å²) in [6, 6.07) is 6.69. The van der Waals surface area contributed by atoms with Gasteiger partial charge in [-0.1, -0.05) is 11.6 Å². The lowest BCUT2D eigenvalue weighted by Crippen LogP contribution is -2.20. The fourth-order valence-electron chi connectivity index (χ4n) is 2.33. The van der Waals surface area contributed by atoms with Gasteiger partial charge in [-0.2, -0.15) is 0 Å². The Morgan fingerprint density at radius 2 is 2.23 bits per heavy atom. The molecule has 13 heavy (non-hydrogen) atoms. The first-order valence-electron chi connectivity index (χ1n) is 4.61. The van der Waals surface area contributed by atoms with Crippen LogP contribution in [0.15, 0.2) is 18.2 Å². The van der Waals surface area contributed by atoms with Crippen LogP contribution in [0.4, 0.5) is 5.69 Å². The Morgan fingerprint density at radius 3 is 3.15 bits per heavy atom. The Hall–Kier alpha value is -0.730. The first kappa shape index (κ1) is 7.65. The number of fused-ring (bicyclic) bond motifs is 3. The van der Waals surface area contributed by atoms with Gasteiger partial charge in [-0.3, -0.25) is 0 Å². The standard InChI is InChI=1S/C10H11ClN2/c11-6-1-2-9-7(3-6)8-4-12-5-10(8)13-9/h1-3,8,10,12-13H,4-5H2. The largest absolute Gasteiger partial charge is 0.380 e. The van der Waals surface area contributed by atoms with Crippen LogP contribution < -0.4 is 10.6 Å². The van der Waals surface area contributed by atoms with Crippen molar-refractivity contribution < 1.29 is 0 Å². The van der Waals surface area contributed by atoms with Crippen molar-refractivity contribution in [1.82, 2.24) is 5.32 Å². The Labute approximate surface area is 82.3 Å². The minimum Gasteiger partial charge on any atom is -0.380 e. The molecule has 0 saturated carbocycles. The Bertz CT molecular complexity index is 351. The van der Waals surface area contributed by atoms with E-state index < -0.39 is 0 Å². The second kappa shape index (κ2) is 2.63. The number of hydrogen-bond acceptors (Lipinski definition) is 2. The first-order chi connectivity index (χ1) is 6.34. The molecule has 2 N–H and O–H groups in total. The highest BCUT2D eigenvalue weighted by molar-refractivity contribution is 6.30. The molecule has 2 aliphatic rings. The highest BCUT2D eigenvalue weighted by Crippen LogP contribution is 2.38. The van der Waals surface area contributed by atoms with Crippen molar-refractivity contribution in [3.8, 4) is 0 Å². The quantitative estimate of drug-likeness (QED) is 0.659. The fraction of sp³-hybridized carbons (Fsp3) is 0.400. The number of anilines is 1. The van der Waals surface area contributed by atoms with Gasteiger partial charge >= 0.3 is 0 Å². The smallest absolute Gasteiger partial charge is 0.0467 e. The van der Waals surface area contributed by atoms with Crippen molar-refractivity contribution in [2.45, 2.75) is 12.0 Å². The van der Waals surface area contributed by atoms with E-state index in [0.717, 1.165) is 18.1 Å². The van der Waals surface area contributed by atoms with E-state index in [9.17, 15) is 0 Å². The molecule has 0 amide bonds. The van der Waals surface area contributed by atoms with Gasteiger partial charge in [-0.15, -0.1) is 0 Å². The Morgan fingerprint density at radius 1 is 1.31 bits per heavy atom. The van der Waals surface area contributed by atoms with Crippen molar-refractivity contribution >= 4 is 17.3 Å². The molecule has 1 aromatic carbocycles. The van der Waals surface area contributed by atoms with Gasteiger partial charge in [0, 0.05) is 35.8 Å². The number of hydrogen-bond donors (Lipinski definition) is 2. The Balaban J connectivity index is 2.09. The summed E-state index contributed by atoms with van der Waals surface area (Å²) in [6.45, 7) is 2.14. The van der Waals surface area contributed by atoms with Gasteiger partial charge < -0.3 is 10.6 Å². The molecule has 0 aliphatic carbocycles. The van der Waals surface area contributed by atoms with E-state index in [1.165, 1.54) is 11.3 Å². The predicted molar refractivity (Wildman–Crippen MR) is 54.5 cm³/mol. The van der Waals surface area contributed by atoms with Gasteiger partial charge in [0.15, 0.2) is 0 Å². The molecule has 0 aromatic heterocycles. The number of benzene rings is 1. The lowest BCUT2D eigenvalue weighted by atomic mass is 9.98. The third-order valence-electron chi connectivity index (χ3n) is 2.97. The molecular weight excluding hydrogens is 184 g/mol. The SMILES string of the molecule is Clc1ccc2c(c1)C1CNCC1N2. The molecule has 2 atom stereocenters. The summed E-state index contributed by atoms with van der Waals surface area (Å²) in [7, 11) is 0. The summed E-state index contributed by atoms with van der Waals surface area (Å²) in [6.07, 6.45) is 0. The molecule has 1 fully saturated rings. The zero-order chi connectivity index (χ0) is 8.84. The summed E-state index contributed by atoms with van der Waals surface area (Å²) in [4.78, 5) is 0. The normalized spacial score (nSPS) is 29.6. The third-order valence-corrected chi connectivity index (χ3v) is 3.20. The minimum atomic E-state index is 0.577. The minimum absolute atomic E-state index is 0.577. The van der Waals surface area contributed by atoms with Crippen LogP contribution in [0, 0.1) is 0 Å². The molecule has 3 heteroatoms. The van der Waals surface area contributed by atoms with Crippen LogP contribution in [0.3, 0.4) is 0 Å². The van der Waals surface area contributed by atoms with Crippen LogP contribution in [-0.4, -0.2) is 19.1 Å². The zero-order valence-corrected chi connectivity index (χ0v) is 7.93. The molecular formula is C10H11ClN2. The van der Waals surface area contributed by atoms with Crippen LogP contribution >= 0.6 is 11.6 Å². The van der Waals surface area contributed by atoms with Crippen molar-refractivity contribution in [2.75, 3.05) is 18.4 Å². The summed E-state index contributed by atoms with van der Waals surface area (Å²) < 4.78 is 0. The molecule has 2 nitrogen and oxygen atoms in total. The summed E-state index contributed by atoms with van der Waals surface area (Å²) in [5.41, 5.74) is 2.64.